The van der Waals surface area contributed by atoms with Crippen molar-refractivity contribution in [3.8, 4) is 0 Å². The topological polar surface area (TPSA) is 313 Å². The van der Waals surface area contributed by atoms with Crippen LogP contribution >= 0.6 is 0 Å². The zero-order chi connectivity index (χ0) is 38.0. The van der Waals surface area contributed by atoms with Crippen molar-refractivity contribution in [3.05, 3.63) is 35.9 Å². The molecule has 0 radical (unpaired) electrons. The molecule has 18 nitrogen and oxygen atoms in total. The highest BCUT2D eigenvalue weighted by atomic mass is 16.4. The fourth-order valence-corrected chi connectivity index (χ4v) is 4.67. The summed E-state index contributed by atoms with van der Waals surface area (Å²) in [6, 6.07) is 0.0663. The van der Waals surface area contributed by atoms with Gasteiger partial charge in [-0.1, -0.05) is 50.6 Å². The summed E-state index contributed by atoms with van der Waals surface area (Å²) in [6.45, 7) is 3.73. The van der Waals surface area contributed by atoms with Crippen LogP contribution in [0.4, 0.5) is 0 Å². The maximum Gasteiger partial charge on any atom is 0.328 e. The summed E-state index contributed by atoms with van der Waals surface area (Å²) < 4.78 is 0. The summed E-state index contributed by atoms with van der Waals surface area (Å²) in [6.07, 6.45) is -0.945. The van der Waals surface area contributed by atoms with Gasteiger partial charge in [0, 0.05) is 12.8 Å². The minimum absolute atomic E-state index is 0.0827. The van der Waals surface area contributed by atoms with E-state index < -0.39 is 103 Å². The van der Waals surface area contributed by atoms with Crippen LogP contribution in [-0.4, -0.2) is 117 Å². The van der Waals surface area contributed by atoms with Gasteiger partial charge < -0.3 is 58.5 Å². The second-order valence-electron chi connectivity index (χ2n) is 12.2. The first kappa shape index (κ1) is 43.4. The number of amides is 5. The average molecular weight is 710 g/mol. The van der Waals surface area contributed by atoms with E-state index in [4.69, 9.17) is 11.5 Å². The third-order valence-corrected chi connectivity index (χ3v) is 7.61. The lowest BCUT2D eigenvalue weighted by Gasteiger charge is -2.28. The number of aliphatic hydroxyl groups is 2. The lowest BCUT2D eigenvalue weighted by molar-refractivity contribution is -0.145. The molecule has 0 unspecified atom stereocenters. The predicted octanol–water partition coefficient (Wildman–Crippen LogP) is -2.91. The van der Waals surface area contributed by atoms with E-state index >= 15 is 0 Å². The van der Waals surface area contributed by atoms with E-state index in [0.717, 1.165) is 6.92 Å². The molecule has 0 aliphatic heterocycles. The van der Waals surface area contributed by atoms with E-state index in [2.05, 4.69) is 21.3 Å². The van der Waals surface area contributed by atoms with Gasteiger partial charge in [0.1, 0.15) is 24.2 Å². The first-order valence-electron chi connectivity index (χ1n) is 16.3. The van der Waals surface area contributed by atoms with Gasteiger partial charge in [0.25, 0.3) is 0 Å². The van der Waals surface area contributed by atoms with Crippen LogP contribution in [0, 0.1) is 5.92 Å². The molecule has 0 saturated heterocycles. The highest BCUT2D eigenvalue weighted by Crippen LogP contribution is 2.09. The van der Waals surface area contributed by atoms with Gasteiger partial charge in [-0.15, -0.1) is 0 Å². The number of nitrogens with two attached hydrogens (primary N) is 2. The highest BCUT2D eigenvalue weighted by Gasteiger charge is 2.34. The SMILES string of the molecule is CC(C)[C@H](NC(=O)[C@H](Cc1ccccc1)NC(=O)[C@H](CCC(=O)O)NC(=O)[C@@H](N)CCCCN)C(=O)N[C@@H](CO)C(=O)N[C@H](C(=O)O)[C@@H](C)O. The molecule has 0 fully saturated rings. The molecule has 280 valence electrons. The largest absolute Gasteiger partial charge is 0.481 e. The lowest BCUT2D eigenvalue weighted by Crippen LogP contribution is -2.61. The molecule has 13 N–H and O–H groups in total. The summed E-state index contributed by atoms with van der Waals surface area (Å²) >= 11 is 0. The van der Waals surface area contributed by atoms with Gasteiger partial charge in [-0.3, -0.25) is 28.8 Å². The molecule has 0 aliphatic rings. The number of aliphatic hydroxyl groups excluding tert-OH is 2. The Morgan fingerprint density at radius 1 is 0.700 bits per heavy atom. The number of nitrogens with one attached hydrogen (secondary N) is 5. The van der Waals surface area contributed by atoms with Gasteiger partial charge in [0.05, 0.1) is 18.8 Å². The van der Waals surface area contributed by atoms with E-state index in [1.165, 1.54) is 0 Å². The van der Waals surface area contributed by atoms with Crippen LogP contribution in [0.5, 0.6) is 0 Å². The number of carbonyl (C=O) groups excluding carboxylic acids is 5. The zero-order valence-corrected chi connectivity index (χ0v) is 28.5. The maximum absolute atomic E-state index is 13.7. The number of hydrogen-bond acceptors (Lipinski definition) is 11. The molecule has 0 aliphatic carbocycles. The Balaban J connectivity index is 3.25. The summed E-state index contributed by atoms with van der Waals surface area (Å²) in [7, 11) is 0. The highest BCUT2D eigenvalue weighted by molar-refractivity contribution is 5.96. The summed E-state index contributed by atoms with van der Waals surface area (Å²) in [5.41, 5.74) is 12.0. The van der Waals surface area contributed by atoms with E-state index in [0.29, 0.717) is 24.9 Å². The molecule has 50 heavy (non-hydrogen) atoms. The first-order chi connectivity index (χ1) is 23.5. The molecule has 5 amide bonds. The standard InChI is InChI=1S/C32H51N7O11/c1-17(2)25(31(48)37-23(16-40)30(47)39-26(18(3)41)32(49)50)38-29(46)22(15-19-9-5-4-6-10-19)36-28(45)21(12-13-24(42)43)35-27(44)20(34)11-7-8-14-33/h4-6,9-10,17-18,20-23,25-26,40-41H,7-8,11-16,33-34H2,1-3H3,(H,35,44)(H,36,45)(H,37,48)(H,38,46)(H,39,47)(H,42,43)(H,49,50)/t18-,20+,21+,22+,23+,25+,26+/m1/s1. The predicted molar refractivity (Wildman–Crippen MR) is 179 cm³/mol. The number of carbonyl (C=O) groups is 7. The molecular weight excluding hydrogens is 658 g/mol. The van der Waals surface area contributed by atoms with Crippen LogP contribution in [0.2, 0.25) is 0 Å². The number of carboxylic acids is 2. The van der Waals surface area contributed by atoms with E-state index in [-0.39, 0.29) is 19.3 Å². The van der Waals surface area contributed by atoms with Crippen molar-refractivity contribution in [1.29, 1.82) is 0 Å². The zero-order valence-electron chi connectivity index (χ0n) is 28.5. The second kappa shape index (κ2) is 22.1. The Kier molecular flexibility index (Phi) is 19.2. The smallest absolute Gasteiger partial charge is 0.328 e. The van der Waals surface area contributed by atoms with Crippen molar-refractivity contribution in [1.82, 2.24) is 26.6 Å². The van der Waals surface area contributed by atoms with Crippen molar-refractivity contribution in [3.63, 3.8) is 0 Å². The van der Waals surface area contributed by atoms with Gasteiger partial charge in [-0.2, -0.15) is 0 Å². The molecule has 1 aromatic rings. The Bertz CT molecular complexity index is 1300. The maximum atomic E-state index is 13.7. The molecule has 0 spiro atoms. The number of carboxylic acid groups (broad SMARTS) is 2. The van der Waals surface area contributed by atoms with Gasteiger partial charge in [0.2, 0.25) is 29.5 Å². The number of hydrogen-bond donors (Lipinski definition) is 11. The van der Waals surface area contributed by atoms with Crippen molar-refractivity contribution in [2.24, 2.45) is 17.4 Å². The number of aliphatic carboxylic acids is 2. The average Bonchev–Trinajstić information content (AvgIpc) is 3.05. The number of unbranched alkanes of at least 4 members (excludes halogenated alkanes) is 1. The van der Waals surface area contributed by atoms with Gasteiger partial charge >= 0.3 is 11.9 Å². The molecule has 0 bridgehead atoms. The monoisotopic (exact) mass is 709 g/mol. The van der Waals surface area contributed by atoms with Gasteiger partial charge in [-0.05, 0) is 44.2 Å². The molecule has 0 aromatic heterocycles. The normalized spacial score (nSPS) is 15.3. The third-order valence-electron chi connectivity index (χ3n) is 7.61. The van der Waals surface area contributed by atoms with E-state index in [1.54, 1.807) is 44.2 Å². The third kappa shape index (κ3) is 15.3. The summed E-state index contributed by atoms with van der Waals surface area (Å²) in [5.74, 6) is -7.84. The Labute approximate surface area is 290 Å². The second-order valence-corrected chi connectivity index (χ2v) is 12.2. The fraction of sp³-hybridized carbons (Fsp3) is 0.594. The Morgan fingerprint density at radius 3 is 1.76 bits per heavy atom. The summed E-state index contributed by atoms with van der Waals surface area (Å²) in [5, 5.41) is 49.8. The molecule has 18 heteroatoms. The number of benzene rings is 1. The van der Waals surface area contributed by atoms with Crippen molar-refractivity contribution < 1.29 is 54.0 Å². The van der Waals surface area contributed by atoms with Gasteiger partial charge in [0.15, 0.2) is 6.04 Å². The van der Waals surface area contributed by atoms with Gasteiger partial charge in [-0.25, -0.2) is 4.79 Å². The lowest BCUT2D eigenvalue weighted by atomic mass is 10.00. The Morgan fingerprint density at radius 2 is 1.24 bits per heavy atom. The number of rotatable bonds is 23. The van der Waals surface area contributed by atoms with Crippen molar-refractivity contribution in [2.75, 3.05) is 13.2 Å². The van der Waals surface area contributed by atoms with E-state index in [1.807, 2.05) is 5.32 Å². The van der Waals surface area contributed by atoms with E-state index in [9.17, 15) is 54.0 Å². The quantitative estimate of drug-likeness (QED) is 0.0509. The fourth-order valence-electron chi connectivity index (χ4n) is 4.67. The first-order valence-corrected chi connectivity index (χ1v) is 16.3. The van der Waals surface area contributed by atoms with Crippen LogP contribution < -0.4 is 38.1 Å². The molecule has 0 heterocycles. The van der Waals surface area contributed by atoms with Crippen LogP contribution in [0.1, 0.15) is 58.4 Å². The van der Waals surface area contributed by atoms with Crippen LogP contribution in [-0.2, 0) is 40.0 Å². The molecule has 0 saturated carbocycles. The van der Waals surface area contributed by atoms with Crippen LogP contribution in [0.25, 0.3) is 0 Å². The molecular formula is C32H51N7O11. The summed E-state index contributed by atoms with van der Waals surface area (Å²) in [4.78, 5) is 88.7. The minimum Gasteiger partial charge on any atom is -0.481 e. The minimum atomic E-state index is -1.73. The van der Waals surface area contributed by atoms with Crippen molar-refractivity contribution in [2.45, 2.75) is 102 Å². The van der Waals surface area contributed by atoms with Crippen LogP contribution in [0.3, 0.4) is 0 Å². The molecule has 1 aromatic carbocycles. The van der Waals surface area contributed by atoms with Crippen LogP contribution in [0.15, 0.2) is 30.3 Å². The Hall–Kier alpha value is -4.65. The van der Waals surface area contributed by atoms with Crippen molar-refractivity contribution >= 4 is 41.5 Å². The molecule has 1 rings (SSSR count). The molecule has 7 atom stereocenters.